The van der Waals surface area contributed by atoms with Crippen molar-refractivity contribution in [2.75, 3.05) is 0 Å². The maximum atomic E-state index is 13.5. The van der Waals surface area contributed by atoms with Crippen LogP contribution in [-0.4, -0.2) is 20.9 Å². The zero-order valence-corrected chi connectivity index (χ0v) is 17.4. The number of H-pyrrole nitrogens is 1. The van der Waals surface area contributed by atoms with Gasteiger partial charge in [0, 0.05) is 6.21 Å². The lowest BCUT2D eigenvalue weighted by atomic mass is 9.99. The number of nitrogens with zero attached hydrogens (tertiary/aromatic N) is 2. The molecule has 5 nitrogen and oxygen atoms in total. The molecular weight excluding hydrogens is 413 g/mol. The largest absolute Gasteiger partial charge is 0.494 e. The Labute approximate surface area is 177 Å². The molecule has 0 aliphatic rings. The third-order valence-corrected chi connectivity index (χ3v) is 5.27. The van der Waals surface area contributed by atoms with Crippen LogP contribution in [0.15, 0.2) is 52.3 Å². The van der Waals surface area contributed by atoms with Crippen LogP contribution >= 0.6 is 23.8 Å². The standard InChI is InChI=1S/C21H19ClFN3O2S/c1-3-12(2)13-4-6-14(7-5-13)24-11-16-19(27)25-21(29)26(20(16)28)15-8-9-18(23)17(22)10-15/h4-12,28H,3H2,1-2H3,(H,25,27,29)/t12-/m0/s1. The van der Waals surface area contributed by atoms with Crippen LogP contribution in [0.1, 0.15) is 37.3 Å². The average Bonchev–Trinajstić information content (AvgIpc) is 2.70. The Kier molecular flexibility index (Phi) is 6.30. The van der Waals surface area contributed by atoms with Crippen LogP contribution in [0.4, 0.5) is 10.1 Å². The second-order valence-electron chi connectivity index (χ2n) is 6.59. The molecule has 3 aromatic rings. The Hall–Kier alpha value is -2.77. The van der Waals surface area contributed by atoms with Gasteiger partial charge in [0.1, 0.15) is 11.4 Å². The summed E-state index contributed by atoms with van der Waals surface area (Å²) in [7, 11) is 0. The Balaban J connectivity index is 2.02. The topological polar surface area (TPSA) is 70.4 Å². The molecule has 0 spiro atoms. The van der Waals surface area contributed by atoms with Crippen molar-refractivity contribution >= 4 is 35.7 Å². The van der Waals surface area contributed by atoms with Crippen molar-refractivity contribution in [2.45, 2.75) is 26.2 Å². The summed E-state index contributed by atoms with van der Waals surface area (Å²) in [5, 5.41) is 10.5. The monoisotopic (exact) mass is 431 g/mol. The highest BCUT2D eigenvalue weighted by atomic mass is 35.5. The normalized spacial score (nSPS) is 12.4. The first-order valence-electron chi connectivity index (χ1n) is 8.99. The number of aromatic nitrogens is 2. The zero-order valence-electron chi connectivity index (χ0n) is 15.8. The van der Waals surface area contributed by atoms with Crippen LogP contribution in [0.2, 0.25) is 5.02 Å². The van der Waals surface area contributed by atoms with Crippen LogP contribution in [0.3, 0.4) is 0 Å². The van der Waals surface area contributed by atoms with Crippen LogP contribution in [0, 0.1) is 10.6 Å². The van der Waals surface area contributed by atoms with E-state index in [-0.39, 0.29) is 15.4 Å². The molecule has 8 heteroatoms. The molecule has 0 aliphatic carbocycles. The third kappa shape index (κ3) is 4.46. The van der Waals surface area contributed by atoms with Gasteiger partial charge in [-0.25, -0.2) is 4.39 Å². The molecule has 2 aromatic carbocycles. The molecule has 0 aliphatic heterocycles. The van der Waals surface area contributed by atoms with Crippen LogP contribution in [0.25, 0.3) is 5.69 Å². The molecule has 1 heterocycles. The van der Waals surface area contributed by atoms with Crippen molar-refractivity contribution in [1.29, 1.82) is 0 Å². The Morgan fingerprint density at radius 1 is 1.31 bits per heavy atom. The molecule has 0 bridgehead atoms. The molecular formula is C21H19ClFN3O2S. The van der Waals surface area contributed by atoms with Crippen molar-refractivity contribution < 1.29 is 9.50 Å². The third-order valence-electron chi connectivity index (χ3n) is 4.70. The molecule has 0 unspecified atom stereocenters. The highest BCUT2D eigenvalue weighted by Crippen LogP contribution is 2.25. The lowest BCUT2D eigenvalue weighted by Gasteiger charge is -2.11. The van der Waals surface area contributed by atoms with Gasteiger partial charge in [-0.2, -0.15) is 0 Å². The van der Waals surface area contributed by atoms with E-state index in [1.54, 1.807) is 0 Å². The SMILES string of the molecule is CC[C@H](C)c1ccc(N=Cc2c(O)n(-c3ccc(F)c(Cl)c3)c(=S)[nH]c2=O)cc1. The predicted molar refractivity (Wildman–Crippen MR) is 116 cm³/mol. The van der Waals surface area contributed by atoms with Crippen molar-refractivity contribution in [1.82, 2.24) is 9.55 Å². The summed E-state index contributed by atoms with van der Waals surface area (Å²) in [5.74, 6) is -0.573. The van der Waals surface area contributed by atoms with Gasteiger partial charge >= 0.3 is 0 Å². The number of nitrogens with one attached hydrogen (secondary N) is 1. The van der Waals surface area contributed by atoms with Crippen LogP contribution in [-0.2, 0) is 0 Å². The number of rotatable bonds is 5. The van der Waals surface area contributed by atoms with Gasteiger partial charge in [0.15, 0.2) is 4.77 Å². The Morgan fingerprint density at radius 2 is 2.00 bits per heavy atom. The van der Waals surface area contributed by atoms with E-state index in [1.807, 2.05) is 24.3 Å². The van der Waals surface area contributed by atoms with E-state index in [9.17, 15) is 14.3 Å². The fourth-order valence-corrected chi connectivity index (χ4v) is 3.24. The van der Waals surface area contributed by atoms with Gasteiger partial charge in [-0.1, -0.05) is 37.6 Å². The number of aromatic hydroxyl groups is 1. The summed E-state index contributed by atoms with van der Waals surface area (Å²) in [5.41, 5.74) is 1.48. The number of benzene rings is 2. The van der Waals surface area contributed by atoms with Crippen LogP contribution in [0.5, 0.6) is 5.88 Å². The van der Waals surface area contributed by atoms with E-state index < -0.39 is 17.3 Å². The molecule has 3 rings (SSSR count). The first kappa shape index (κ1) is 21.0. The van der Waals surface area contributed by atoms with Gasteiger partial charge < -0.3 is 5.11 Å². The number of aliphatic imine (C=N–C) groups is 1. The highest BCUT2D eigenvalue weighted by Gasteiger charge is 2.14. The molecule has 0 saturated heterocycles. The quantitative estimate of drug-likeness (QED) is 0.404. The zero-order chi connectivity index (χ0) is 21.1. The molecule has 1 aromatic heterocycles. The van der Waals surface area contributed by atoms with Gasteiger partial charge in [0.25, 0.3) is 5.56 Å². The van der Waals surface area contributed by atoms with Crippen molar-refractivity contribution in [3.63, 3.8) is 0 Å². The molecule has 1 atom stereocenters. The maximum Gasteiger partial charge on any atom is 0.264 e. The fourth-order valence-electron chi connectivity index (χ4n) is 2.78. The lowest BCUT2D eigenvalue weighted by Crippen LogP contribution is -2.18. The fraction of sp³-hybridized carbons (Fsp3) is 0.190. The molecule has 0 fully saturated rings. The first-order valence-corrected chi connectivity index (χ1v) is 9.78. The molecule has 0 radical (unpaired) electrons. The van der Waals surface area contributed by atoms with Gasteiger partial charge in [0.2, 0.25) is 5.88 Å². The highest BCUT2D eigenvalue weighted by molar-refractivity contribution is 7.71. The van der Waals surface area contributed by atoms with Gasteiger partial charge in [-0.3, -0.25) is 19.3 Å². The van der Waals surface area contributed by atoms with Gasteiger partial charge in [0.05, 0.1) is 16.4 Å². The summed E-state index contributed by atoms with van der Waals surface area (Å²) in [4.78, 5) is 19.1. The van der Waals surface area contributed by atoms with Crippen molar-refractivity contribution in [2.24, 2.45) is 4.99 Å². The predicted octanol–water partition coefficient (Wildman–Crippen LogP) is 5.66. The van der Waals surface area contributed by atoms with E-state index >= 15 is 0 Å². The van der Waals surface area contributed by atoms with Crippen molar-refractivity contribution in [3.05, 3.63) is 79.6 Å². The van der Waals surface area contributed by atoms with E-state index in [1.165, 1.54) is 28.5 Å². The van der Waals surface area contributed by atoms with E-state index in [2.05, 4.69) is 23.8 Å². The summed E-state index contributed by atoms with van der Waals surface area (Å²) in [6, 6.07) is 11.5. The van der Waals surface area contributed by atoms with E-state index in [0.29, 0.717) is 17.3 Å². The smallest absolute Gasteiger partial charge is 0.264 e. The summed E-state index contributed by atoms with van der Waals surface area (Å²) < 4.78 is 14.6. The average molecular weight is 432 g/mol. The Morgan fingerprint density at radius 3 is 2.62 bits per heavy atom. The molecule has 29 heavy (non-hydrogen) atoms. The maximum absolute atomic E-state index is 13.5. The van der Waals surface area contributed by atoms with Crippen molar-refractivity contribution in [3.8, 4) is 11.6 Å². The number of hydrogen-bond donors (Lipinski definition) is 2. The van der Waals surface area contributed by atoms with E-state index in [0.717, 1.165) is 12.5 Å². The second-order valence-corrected chi connectivity index (χ2v) is 7.38. The lowest BCUT2D eigenvalue weighted by molar-refractivity contribution is 0.432. The number of hydrogen-bond acceptors (Lipinski definition) is 4. The number of halogens is 2. The summed E-state index contributed by atoms with van der Waals surface area (Å²) in [6.07, 6.45) is 2.30. The summed E-state index contributed by atoms with van der Waals surface area (Å²) in [6.45, 7) is 4.27. The van der Waals surface area contributed by atoms with Crippen LogP contribution < -0.4 is 5.56 Å². The minimum absolute atomic E-state index is 0.0507. The minimum Gasteiger partial charge on any atom is -0.494 e. The Bertz CT molecular complexity index is 1190. The summed E-state index contributed by atoms with van der Waals surface area (Å²) >= 11 is 11.0. The number of aromatic amines is 1. The molecule has 0 amide bonds. The van der Waals surface area contributed by atoms with Gasteiger partial charge in [-0.15, -0.1) is 0 Å². The molecule has 150 valence electrons. The molecule has 0 saturated carbocycles. The first-order chi connectivity index (χ1) is 13.8. The second kappa shape index (κ2) is 8.71. The minimum atomic E-state index is -0.603. The van der Waals surface area contributed by atoms with Gasteiger partial charge in [-0.05, 0) is 60.5 Å². The molecule has 2 N–H and O–H groups in total. The van der Waals surface area contributed by atoms with E-state index in [4.69, 9.17) is 23.8 Å².